The largest absolute Gasteiger partial charge is 0.353 e. The Balaban J connectivity index is 0.00000338. The van der Waals surface area contributed by atoms with Crippen LogP contribution in [0.25, 0.3) is 0 Å². The minimum Gasteiger partial charge on any atom is -0.353 e. The summed E-state index contributed by atoms with van der Waals surface area (Å²) in [6.07, 6.45) is 1.11. The number of benzene rings is 1. The number of rotatable bonds is 5. The number of hydrogen-bond donors (Lipinski definition) is 2. The second-order valence-corrected chi connectivity index (χ2v) is 7.90. The molecule has 1 aliphatic rings. The average molecular weight is 472 g/mol. The summed E-state index contributed by atoms with van der Waals surface area (Å²) >= 11 is 0. The number of aliphatic imine (C=N–C) groups is 1. The second-order valence-electron chi connectivity index (χ2n) is 7.90. The molecule has 0 saturated heterocycles. The van der Waals surface area contributed by atoms with Gasteiger partial charge in [0.25, 0.3) is 0 Å². The van der Waals surface area contributed by atoms with E-state index >= 15 is 0 Å². The van der Waals surface area contributed by atoms with E-state index in [-0.39, 0.29) is 35.4 Å². The molecule has 0 aromatic heterocycles. The Labute approximate surface area is 175 Å². The van der Waals surface area contributed by atoms with Gasteiger partial charge in [-0.1, -0.05) is 24.3 Å². The van der Waals surface area contributed by atoms with Crippen LogP contribution in [-0.2, 0) is 4.79 Å². The van der Waals surface area contributed by atoms with Crippen molar-refractivity contribution in [1.82, 2.24) is 15.5 Å². The quantitative estimate of drug-likeness (QED) is 0.393. The fourth-order valence-electron chi connectivity index (χ4n) is 3.04. The van der Waals surface area contributed by atoms with Crippen LogP contribution < -0.4 is 10.6 Å². The maximum absolute atomic E-state index is 12.2. The van der Waals surface area contributed by atoms with E-state index in [9.17, 15) is 4.79 Å². The molecule has 146 valence electrons. The third-order valence-corrected chi connectivity index (χ3v) is 4.26. The molecule has 2 N–H and O–H groups in total. The second kappa shape index (κ2) is 9.58. The highest BCUT2D eigenvalue weighted by Gasteiger charge is 2.40. The molecule has 1 amide bonds. The maximum atomic E-state index is 12.2. The van der Waals surface area contributed by atoms with Crippen LogP contribution in [-0.4, -0.2) is 48.5 Å². The number of halogens is 1. The fourth-order valence-corrected chi connectivity index (χ4v) is 3.04. The molecule has 0 radical (unpaired) electrons. The first-order valence-electron chi connectivity index (χ1n) is 9.10. The molecule has 26 heavy (non-hydrogen) atoms. The van der Waals surface area contributed by atoms with E-state index < -0.39 is 0 Å². The number of amides is 1. The van der Waals surface area contributed by atoms with E-state index in [1.807, 2.05) is 39.6 Å². The van der Waals surface area contributed by atoms with Crippen LogP contribution in [0.5, 0.6) is 0 Å². The number of guanidine groups is 1. The highest BCUT2D eigenvalue weighted by molar-refractivity contribution is 14.0. The lowest BCUT2D eigenvalue weighted by atomic mass is 10.0. The van der Waals surface area contributed by atoms with Crippen molar-refractivity contribution >= 4 is 35.8 Å². The smallest absolute Gasteiger partial charge is 0.240 e. The summed E-state index contributed by atoms with van der Waals surface area (Å²) in [5.74, 6) is 1.33. The summed E-state index contributed by atoms with van der Waals surface area (Å²) in [6.45, 7) is 11.1. The zero-order chi connectivity index (χ0) is 18.6. The maximum Gasteiger partial charge on any atom is 0.240 e. The van der Waals surface area contributed by atoms with Gasteiger partial charge < -0.3 is 15.5 Å². The van der Waals surface area contributed by atoms with Gasteiger partial charge in [-0.05, 0) is 52.2 Å². The van der Waals surface area contributed by atoms with Crippen LogP contribution in [0.4, 0.5) is 0 Å². The van der Waals surface area contributed by atoms with Crippen molar-refractivity contribution in [1.29, 1.82) is 0 Å². The monoisotopic (exact) mass is 472 g/mol. The first kappa shape index (κ1) is 22.7. The summed E-state index contributed by atoms with van der Waals surface area (Å²) < 4.78 is 0. The van der Waals surface area contributed by atoms with Crippen molar-refractivity contribution in [2.75, 3.05) is 20.1 Å². The van der Waals surface area contributed by atoms with E-state index in [1.54, 1.807) is 0 Å². The van der Waals surface area contributed by atoms with Crippen molar-refractivity contribution in [2.45, 2.75) is 58.5 Å². The van der Waals surface area contributed by atoms with Crippen LogP contribution in [0, 0.1) is 6.92 Å². The summed E-state index contributed by atoms with van der Waals surface area (Å²) in [6, 6.07) is 8.93. The number of likely N-dealkylation sites (N-methyl/N-ethyl adjacent to an activating group) is 1. The van der Waals surface area contributed by atoms with Crippen LogP contribution in [0.2, 0.25) is 0 Å². The third-order valence-electron chi connectivity index (χ3n) is 4.26. The molecule has 2 atom stereocenters. The molecular formula is C20H33IN4O. The number of carbonyl (C=O) groups excluding carboxylic acids is 1. The van der Waals surface area contributed by atoms with Crippen LogP contribution in [0.1, 0.15) is 51.2 Å². The highest BCUT2D eigenvalue weighted by Crippen LogP contribution is 2.42. The Morgan fingerprint density at radius 1 is 1.31 bits per heavy atom. The average Bonchev–Trinajstić information content (AvgIpc) is 3.24. The molecular weight excluding hydrogens is 439 g/mol. The Kier molecular flexibility index (Phi) is 8.37. The molecule has 1 aromatic carbocycles. The molecule has 1 aliphatic carbocycles. The van der Waals surface area contributed by atoms with E-state index in [0.717, 1.165) is 12.4 Å². The molecule has 1 saturated carbocycles. The topological polar surface area (TPSA) is 56.7 Å². The Bertz CT molecular complexity index is 639. The SMILES string of the molecule is CCN=C(NC1CC1c1ccccc1C)N(C)CC(=O)NC(C)(C)C.I. The minimum atomic E-state index is -0.222. The fraction of sp³-hybridized carbons (Fsp3) is 0.600. The van der Waals surface area contributed by atoms with Gasteiger partial charge in [0.2, 0.25) is 5.91 Å². The third kappa shape index (κ3) is 6.78. The molecule has 2 unspecified atom stereocenters. The number of nitrogens with one attached hydrogen (secondary N) is 2. The predicted molar refractivity (Wildman–Crippen MR) is 119 cm³/mol. The zero-order valence-corrected chi connectivity index (χ0v) is 19.1. The van der Waals surface area contributed by atoms with Gasteiger partial charge in [0, 0.05) is 31.1 Å². The molecule has 5 nitrogen and oxygen atoms in total. The van der Waals surface area contributed by atoms with Crippen molar-refractivity contribution in [2.24, 2.45) is 4.99 Å². The van der Waals surface area contributed by atoms with E-state index in [2.05, 4.69) is 46.8 Å². The lowest BCUT2D eigenvalue weighted by Crippen LogP contribution is -2.49. The van der Waals surface area contributed by atoms with Gasteiger partial charge in [-0.2, -0.15) is 0 Å². The molecule has 0 spiro atoms. The van der Waals surface area contributed by atoms with Gasteiger partial charge in [-0.25, -0.2) is 0 Å². The number of carbonyl (C=O) groups is 1. The molecule has 1 aromatic rings. The summed E-state index contributed by atoms with van der Waals surface area (Å²) in [5.41, 5.74) is 2.52. The van der Waals surface area contributed by atoms with Gasteiger partial charge in [-0.3, -0.25) is 9.79 Å². The highest BCUT2D eigenvalue weighted by atomic mass is 127. The first-order valence-corrected chi connectivity index (χ1v) is 9.10. The lowest BCUT2D eigenvalue weighted by Gasteiger charge is -2.25. The van der Waals surface area contributed by atoms with Crippen molar-refractivity contribution in [3.63, 3.8) is 0 Å². The van der Waals surface area contributed by atoms with Gasteiger partial charge in [-0.15, -0.1) is 24.0 Å². The van der Waals surface area contributed by atoms with Crippen molar-refractivity contribution in [3.05, 3.63) is 35.4 Å². The molecule has 1 fully saturated rings. The number of hydrogen-bond acceptors (Lipinski definition) is 2. The van der Waals surface area contributed by atoms with E-state index in [0.29, 0.717) is 25.0 Å². The minimum absolute atomic E-state index is 0. The first-order chi connectivity index (χ1) is 11.7. The summed E-state index contributed by atoms with van der Waals surface area (Å²) in [5, 5.41) is 6.53. The normalized spacial score (nSPS) is 19.4. The van der Waals surface area contributed by atoms with Crippen molar-refractivity contribution < 1.29 is 4.79 Å². The van der Waals surface area contributed by atoms with E-state index in [1.165, 1.54) is 11.1 Å². The van der Waals surface area contributed by atoms with Gasteiger partial charge in [0.1, 0.15) is 0 Å². The number of nitrogens with zero attached hydrogens (tertiary/aromatic N) is 2. The van der Waals surface area contributed by atoms with Gasteiger partial charge in [0.15, 0.2) is 5.96 Å². The van der Waals surface area contributed by atoms with Crippen LogP contribution in [0.3, 0.4) is 0 Å². The van der Waals surface area contributed by atoms with Crippen LogP contribution in [0.15, 0.2) is 29.3 Å². The van der Waals surface area contributed by atoms with Crippen LogP contribution >= 0.6 is 24.0 Å². The Hall–Kier alpha value is -1.31. The predicted octanol–water partition coefficient (Wildman–Crippen LogP) is 3.28. The molecule has 6 heteroatoms. The van der Waals surface area contributed by atoms with Gasteiger partial charge in [0.05, 0.1) is 6.54 Å². The Morgan fingerprint density at radius 2 is 1.96 bits per heavy atom. The summed E-state index contributed by atoms with van der Waals surface area (Å²) in [7, 11) is 1.91. The molecule has 0 aliphatic heterocycles. The molecule has 2 rings (SSSR count). The lowest BCUT2D eigenvalue weighted by molar-refractivity contribution is -0.122. The van der Waals surface area contributed by atoms with Crippen molar-refractivity contribution in [3.8, 4) is 0 Å². The van der Waals surface area contributed by atoms with E-state index in [4.69, 9.17) is 0 Å². The Morgan fingerprint density at radius 3 is 2.54 bits per heavy atom. The zero-order valence-electron chi connectivity index (χ0n) is 16.8. The summed E-state index contributed by atoms with van der Waals surface area (Å²) in [4.78, 5) is 18.6. The number of aryl methyl sites for hydroxylation is 1. The molecule has 0 bridgehead atoms. The van der Waals surface area contributed by atoms with Gasteiger partial charge >= 0.3 is 0 Å². The molecule has 0 heterocycles. The standard InChI is InChI=1S/C20H32N4O.HI/c1-7-21-19(24(6)13-18(25)23-20(3,4)5)22-17-12-16(17)15-11-9-8-10-14(15)2;/h8-11,16-17H,7,12-13H2,1-6H3,(H,21,22)(H,23,25);1H.